The van der Waals surface area contributed by atoms with Crippen LogP contribution < -0.4 is 5.73 Å². The Morgan fingerprint density at radius 3 is 2.90 bits per heavy atom. The summed E-state index contributed by atoms with van der Waals surface area (Å²) in [6.45, 7) is 0. The van der Waals surface area contributed by atoms with Gasteiger partial charge in [-0.05, 0) is 6.07 Å². The summed E-state index contributed by atoms with van der Waals surface area (Å²) in [5.41, 5.74) is 5.32. The first-order chi connectivity index (χ1) is 4.75. The normalized spacial score (nSPS) is 9.30. The van der Waals surface area contributed by atoms with Gasteiger partial charge in [0.25, 0.3) is 0 Å². The molecule has 1 rings (SSSR count). The van der Waals surface area contributed by atoms with Crippen molar-refractivity contribution in [2.75, 3.05) is 5.73 Å². The summed E-state index contributed by atoms with van der Waals surface area (Å²) >= 11 is 0. The van der Waals surface area contributed by atoms with Crippen molar-refractivity contribution in [1.29, 1.82) is 0 Å². The fourth-order valence-corrected chi connectivity index (χ4v) is 0.597. The molecule has 0 saturated heterocycles. The second-order valence-corrected chi connectivity index (χ2v) is 1.67. The van der Waals surface area contributed by atoms with Gasteiger partial charge in [0.15, 0.2) is 5.69 Å². The number of carbonyl (C=O) groups is 1. The molecule has 0 fully saturated rings. The highest BCUT2D eigenvalue weighted by Gasteiger charge is 2.11. The minimum Gasteiger partial charge on any atom is -0.397 e. The maximum absolute atomic E-state index is 11.2. The van der Waals surface area contributed by atoms with Crippen molar-refractivity contribution in [2.45, 2.75) is 0 Å². The van der Waals surface area contributed by atoms with Crippen LogP contribution >= 0.6 is 0 Å². The quantitative estimate of drug-likeness (QED) is 0.607. The number of halogens is 1. The van der Waals surface area contributed by atoms with Gasteiger partial charge in [0.2, 0.25) is 0 Å². The lowest BCUT2D eigenvalue weighted by Gasteiger charge is -1.90. The van der Waals surface area contributed by atoms with E-state index in [2.05, 4.69) is 9.93 Å². The molecule has 5 heteroatoms. The summed E-state index contributed by atoms with van der Waals surface area (Å²) in [7, 11) is 0. The lowest BCUT2D eigenvalue weighted by Crippen LogP contribution is -2.02. The number of aromatic nitrogens is 1. The van der Waals surface area contributed by atoms with Crippen molar-refractivity contribution >= 4 is 11.7 Å². The van der Waals surface area contributed by atoms with Gasteiger partial charge in [0.1, 0.15) is 0 Å². The van der Waals surface area contributed by atoms with Crippen LogP contribution in [0.3, 0.4) is 0 Å². The highest BCUT2D eigenvalue weighted by molar-refractivity contribution is 5.92. The van der Waals surface area contributed by atoms with Gasteiger partial charge in [0, 0.05) is 10.7 Å². The van der Waals surface area contributed by atoms with Crippen LogP contribution in [-0.4, -0.2) is 11.0 Å². The van der Waals surface area contributed by atoms with Crippen molar-refractivity contribution < 1.29 is 14.3 Å². The molecule has 0 bridgehead atoms. The highest BCUT2D eigenvalue weighted by Crippen LogP contribution is 2.09. The Bertz CT molecular complexity index is 246. The van der Waals surface area contributed by atoms with E-state index < -0.39 is 5.97 Å². The van der Waals surface area contributed by atoms with Crippen LogP contribution in [0.25, 0.3) is 0 Å². The molecule has 0 spiro atoms. The van der Waals surface area contributed by atoms with E-state index in [1.807, 2.05) is 0 Å². The van der Waals surface area contributed by atoms with E-state index in [9.17, 15) is 9.32 Å². The molecule has 54 valence electrons. The van der Waals surface area contributed by atoms with Crippen LogP contribution in [0.2, 0.25) is 0 Å². The number of nitrogen functional groups attached to an aromatic ring is 1. The molecule has 1 aromatic heterocycles. The molecule has 0 amide bonds. The van der Waals surface area contributed by atoms with Crippen molar-refractivity contribution in [3.05, 3.63) is 18.0 Å². The van der Waals surface area contributed by atoms with Crippen molar-refractivity contribution in [1.82, 2.24) is 4.98 Å². The third-order valence-corrected chi connectivity index (χ3v) is 1.05. The summed E-state index contributed by atoms with van der Waals surface area (Å²) in [4.78, 5) is 15.7. The first-order valence-corrected chi connectivity index (χ1v) is 2.51. The molecule has 0 aromatic carbocycles. The molecule has 0 atom stereocenters. The lowest BCUT2D eigenvalue weighted by molar-refractivity contribution is -0.0791. The molecule has 10 heavy (non-hydrogen) atoms. The zero-order valence-electron chi connectivity index (χ0n) is 4.93. The third-order valence-electron chi connectivity index (χ3n) is 1.05. The number of nitrogens with one attached hydrogen (secondary N) is 1. The summed E-state index contributed by atoms with van der Waals surface area (Å²) in [5, 5.41) is 0. The fraction of sp³-hybridized carbons (Fsp3) is 0. The van der Waals surface area contributed by atoms with Gasteiger partial charge in [-0.1, -0.05) is 0 Å². The summed E-state index contributed by atoms with van der Waals surface area (Å²) in [6.07, 6.45) is 1.42. The number of anilines is 1. The first kappa shape index (κ1) is 6.60. The summed E-state index contributed by atoms with van der Waals surface area (Å²) in [5.74, 6) is -1.11. The van der Waals surface area contributed by atoms with E-state index in [1.165, 1.54) is 12.3 Å². The number of aromatic amines is 1. The maximum atomic E-state index is 11.2. The Kier molecular flexibility index (Phi) is 1.57. The molecule has 0 radical (unpaired) electrons. The van der Waals surface area contributed by atoms with E-state index in [0.29, 0.717) is 0 Å². The fourth-order valence-electron chi connectivity index (χ4n) is 0.597. The number of rotatable bonds is 1. The molecule has 3 N–H and O–H groups in total. The topological polar surface area (TPSA) is 68.1 Å². The second-order valence-electron chi connectivity index (χ2n) is 1.67. The lowest BCUT2D eigenvalue weighted by atomic mass is 10.4. The SMILES string of the molecule is Nc1cc[nH]c1C(=O)OF. The van der Waals surface area contributed by atoms with Crippen LogP contribution in [-0.2, 0) is 4.94 Å². The van der Waals surface area contributed by atoms with Crippen LogP contribution in [0.1, 0.15) is 10.5 Å². The standard InChI is InChI=1S/C5H5FN2O2/c6-10-5(9)4-3(7)1-2-8-4/h1-2,8H,7H2. The molecule has 0 saturated carbocycles. The van der Waals surface area contributed by atoms with E-state index in [1.54, 1.807) is 0 Å². The Labute approximate surface area is 55.7 Å². The molecule has 0 aliphatic rings. The monoisotopic (exact) mass is 144 g/mol. The second kappa shape index (κ2) is 2.38. The molecule has 0 aliphatic carbocycles. The van der Waals surface area contributed by atoms with Gasteiger partial charge >= 0.3 is 5.97 Å². The van der Waals surface area contributed by atoms with Crippen molar-refractivity contribution in [3.8, 4) is 0 Å². The van der Waals surface area contributed by atoms with Crippen LogP contribution in [0.15, 0.2) is 12.3 Å². The number of hydrogen-bond acceptors (Lipinski definition) is 3. The maximum Gasteiger partial charge on any atom is 0.397 e. The molecular weight excluding hydrogens is 139 g/mol. The number of carbonyl (C=O) groups excluding carboxylic acids is 1. The van der Waals surface area contributed by atoms with Crippen LogP contribution in [0.5, 0.6) is 0 Å². The highest BCUT2D eigenvalue weighted by atomic mass is 19.3. The van der Waals surface area contributed by atoms with E-state index in [0.717, 1.165) is 0 Å². The molecule has 1 aromatic rings. The zero-order valence-corrected chi connectivity index (χ0v) is 4.93. The van der Waals surface area contributed by atoms with Gasteiger partial charge in [-0.2, -0.15) is 0 Å². The number of hydrogen-bond donors (Lipinski definition) is 2. The van der Waals surface area contributed by atoms with E-state index in [-0.39, 0.29) is 11.4 Å². The predicted molar refractivity (Wildman–Crippen MR) is 31.7 cm³/mol. The predicted octanol–water partition coefficient (Wildman–Crippen LogP) is 0.638. The average molecular weight is 144 g/mol. The first-order valence-electron chi connectivity index (χ1n) is 2.51. The van der Waals surface area contributed by atoms with Gasteiger partial charge < -0.3 is 10.7 Å². The summed E-state index contributed by atoms with van der Waals surface area (Å²) in [6, 6.07) is 1.44. The zero-order chi connectivity index (χ0) is 7.56. The smallest absolute Gasteiger partial charge is 0.397 e. The van der Waals surface area contributed by atoms with Crippen molar-refractivity contribution in [3.63, 3.8) is 0 Å². The molecule has 1 heterocycles. The largest absolute Gasteiger partial charge is 0.397 e. The molecule has 4 nitrogen and oxygen atoms in total. The Hall–Kier alpha value is -1.52. The minimum absolute atomic E-state index is 0.0671. The van der Waals surface area contributed by atoms with Gasteiger partial charge in [-0.15, -0.1) is 0 Å². The average Bonchev–Trinajstić information content (AvgIpc) is 2.34. The van der Waals surface area contributed by atoms with Crippen LogP contribution in [0, 0.1) is 0 Å². The summed E-state index contributed by atoms with van der Waals surface area (Å²) < 4.78 is 11.2. The van der Waals surface area contributed by atoms with Gasteiger partial charge in [0.05, 0.1) is 5.69 Å². The third kappa shape index (κ3) is 0.928. The van der Waals surface area contributed by atoms with Gasteiger partial charge in [-0.25, -0.2) is 9.74 Å². The molecule has 0 aliphatic heterocycles. The minimum atomic E-state index is -1.11. The van der Waals surface area contributed by atoms with Crippen LogP contribution in [0.4, 0.5) is 10.2 Å². The van der Waals surface area contributed by atoms with E-state index >= 15 is 0 Å². The Balaban J connectivity index is 2.93. The molecular formula is C5H5FN2O2. The number of nitrogens with two attached hydrogens (primary N) is 1. The molecule has 0 unspecified atom stereocenters. The van der Waals surface area contributed by atoms with Crippen molar-refractivity contribution in [2.24, 2.45) is 0 Å². The Morgan fingerprint density at radius 2 is 2.50 bits per heavy atom. The Morgan fingerprint density at radius 1 is 1.80 bits per heavy atom. The van der Waals surface area contributed by atoms with E-state index in [4.69, 9.17) is 5.73 Å². The number of H-pyrrole nitrogens is 1. The van der Waals surface area contributed by atoms with Gasteiger partial charge in [-0.3, -0.25) is 0 Å².